The van der Waals surface area contributed by atoms with E-state index in [1.165, 1.54) is 0 Å². The Hall–Kier alpha value is 0.0400. The molecular formula is C6H8O2S2. The van der Waals surface area contributed by atoms with Crippen LogP contribution in [0, 0.1) is 0 Å². The first-order chi connectivity index (χ1) is 4.61. The first kappa shape index (κ1) is 8.14. The fraction of sp³-hybridized carbons (Fsp3) is 0.667. The number of thioether (sulfide) groups is 2. The summed E-state index contributed by atoms with van der Waals surface area (Å²) in [5.41, 5.74) is 0. The lowest BCUT2D eigenvalue weighted by Gasteiger charge is -2.18. The third kappa shape index (κ3) is 1.55. The Kier molecular flexibility index (Phi) is 2.41. The first-order valence-electron chi connectivity index (χ1n) is 3.02. The number of hydrogen-bond acceptors (Lipinski definition) is 4. The predicted octanol–water partition coefficient (Wildman–Crippen LogP) is 1.30. The highest BCUT2D eigenvalue weighted by Crippen LogP contribution is 2.31. The molecule has 2 atom stereocenters. The summed E-state index contributed by atoms with van der Waals surface area (Å²) >= 11 is 2.30. The fourth-order valence-corrected chi connectivity index (χ4v) is 2.53. The van der Waals surface area contributed by atoms with Gasteiger partial charge in [0.2, 0.25) is 10.2 Å². The van der Waals surface area contributed by atoms with Gasteiger partial charge in [0.1, 0.15) is 0 Å². The Morgan fingerprint density at radius 2 is 1.30 bits per heavy atom. The van der Waals surface area contributed by atoms with Gasteiger partial charge in [0.25, 0.3) is 0 Å². The molecule has 2 unspecified atom stereocenters. The molecule has 0 spiro atoms. The summed E-state index contributed by atoms with van der Waals surface area (Å²) in [5, 5.41) is -0.0448. The molecule has 0 aliphatic carbocycles. The van der Waals surface area contributed by atoms with Gasteiger partial charge in [-0.3, -0.25) is 9.59 Å². The molecule has 1 fully saturated rings. The third-order valence-corrected chi connectivity index (χ3v) is 3.86. The van der Waals surface area contributed by atoms with E-state index in [1.807, 2.05) is 0 Å². The van der Waals surface area contributed by atoms with E-state index in [-0.39, 0.29) is 20.7 Å². The minimum Gasteiger partial charge on any atom is -0.286 e. The van der Waals surface area contributed by atoms with Crippen LogP contribution in [0.3, 0.4) is 0 Å². The highest BCUT2D eigenvalue weighted by molar-refractivity contribution is 8.25. The van der Waals surface area contributed by atoms with Gasteiger partial charge in [-0.15, -0.1) is 0 Å². The monoisotopic (exact) mass is 176 g/mol. The van der Waals surface area contributed by atoms with Crippen molar-refractivity contribution in [2.75, 3.05) is 0 Å². The minimum absolute atomic E-state index is 0.122. The van der Waals surface area contributed by atoms with Crippen LogP contribution in [-0.4, -0.2) is 20.7 Å². The molecule has 0 amide bonds. The van der Waals surface area contributed by atoms with Crippen molar-refractivity contribution in [2.24, 2.45) is 0 Å². The third-order valence-electron chi connectivity index (χ3n) is 1.25. The lowest BCUT2D eigenvalue weighted by Crippen LogP contribution is -2.26. The smallest absolute Gasteiger partial charge is 0.202 e. The van der Waals surface area contributed by atoms with Gasteiger partial charge in [-0.25, -0.2) is 0 Å². The maximum atomic E-state index is 10.9. The van der Waals surface area contributed by atoms with Gasteiger partial charge in [-0.2, -0.15) is 0 Å². The SMILES string of the molecule is CC1SC(=O)C(C)SC1=O. The van der Waals surface area contributed by atoms with E-state index in [2.05, 4.69) is 0 Å². The topological polar surface area (TPSA) is 34.1 Å². The van der Waals surface area contributed by atoms with Crippen LogP contribution in [0.15, 0.2) is 0 Å². The molecule has 2 nitrogen and oxygen atoms in total. The van der Waals surface area contributed by atoms with E-state index in [1.54, 1.807) is 13.8 Å². The molecule has 0 aromatic carbocycles. The molecule has 0 bridgehead atoms. The average molecular weight is 176 g/mol. The number of hydrogen-bond donors (Lipinski definition) is 0. The molecule has 1 aliphatic rings. The molecule has 1 heterocycles. The molecule has 10 heavy (non-hydrogen) atoms. The Morgan fingerprint density at radius 3 is 1.60 bits per heavy atom. The van der Waals surface area contributed by atoms with E-state index in [9.17, 15) is 9.59 Å². The van der Waals surface area contributed by atoms with E-state index in [0.717, 1.165) is 23.5 Å². The van der Waals surface area contributed by atoms with Gasteiger partial charge < -0.3 is 0 Å². The molecule has 0 N–H and O–H groups in total. The lowest BCUT2D eigenvalue weighted by atomic mass is 10.5. The van der Waals surface area contributed by atoms with Crippen molar-refractivity contribution in [3.05, 3.63) is 0 Å². The van der Waals surface area contributed by atoms with Gasteiger partial charge in [0.15, 0.2) is 0 Å². The molecular weight excluding hydrogens is 168 g/mol. The zero-order valence-corrected chi connectivity index (χ0v) is 7.42. The molecule has 56 valence electrons. The van der Waals surface area contributed by atoms with Crippen LogP contribution in [0.5, 0.6) is 0 Å². The van der Waals surface area contributed by atoms with Crippen LogP contribution in [0.1, 0.15) is 13.8 Å². The zero-order valence-electron chi connectivity index (χ0n) is 5.79. The lowest BCUT2D eigenvalue weighted by molar-refractivity contribution is -0.113. The highest BCUT2D eigenvalue weighted by Gasteiger charge is 2.30. The van der Waals surface area contributed by atoms with Crippen molar-refractivity contribution in [3.8, 4) is 0 Å². The molecule has 0 radical (unpaired) electrons. The molecule has 0 aromatic rings. The molecule has 0 aromatic heterocycles. The van der Waals surface area contributed by atoms with Crippen molar-refractivity contribution in [2.45, 2.75) is 24.3 Å². The maximum absolute atomic E-state index is 10.9. The highest BCUT2D eigenvalue weighted by atomic mass is 32.2. The molecule has 0 saturated carbocycles. The standard InChI is InChI=1S/C6H8O2S2/c1-3-5(7)10-4(2)6(8)9-3/h3-4H,1-2H3. The normalized spacial score (nSPS) is 34.6. The molecule has 1 saturated heterocycles. The van der Waals surface area contributed by atoms with Gasteiger partial charge in [-0.05, 0) is 13.8 Å². The van der Waals surface area contributed by atoms with Gasteiger partial charge >= 0.3 is 0 Å². The van der Waals surface area contributed by atoms with Crippen molar-refractivity contribution >= 4 is 33.8 Å². The number of carbonyl (C=O) groups excluding carboxylic acids is 2. The zero-order chi connectivity index (χ0) is 7.72. The van der Waals surface area contributed by atoms with E-state index in [0.29, 0.717) is 0 Å². The largest absolute Gasteiger partial charge is 0.286 e. The van der Waals surface area contributed by atoms with Crippen LogP contribution in [0.25, 0.3) is 0 Å². The summed E-state index contributed by atoms with van der Waals surface area (Å²) in [5.74, 6) is 0. The van der Waals surface area contributed by atoms with Crippen LogP contribution in [0.2, 0.25) is 0 Å². The second-order valence-corrected chi connectivity index (χ2v) is 4.85. The van der Waals surface area contributed by atoms with E-state index >= 15 is 0 Å². The summed E-state index contributed by atoms with van der Waals surface area (Å²) in [6.45, 7) is 3.54. The number of carbonyl (C=O) groups is 2. The van der Waals surface area contributed by atoms with Crippen LogP contribution in [-0.2, 0) is 9.59 Å². The van der Waals surface area contributed by atoms with Crippen molar-refractivity contribution in [1.29, 1.82) is 0 Å². The van der Waals surface area contributed by atoms with Gasteiger partial charge in [0.05, 0.1) is 10.5 Å². The predicted molar refractivity (Wildman–Crippen MR) is 44.1 cm³/mol. The second-order valence-electron chi connectivity index (χ2n) is 2.16. The Labute approximate surface area is 68.1 Å². The molecule has 1 aliphatic heterocycles. The molecule has 1 rings (SSSR count). The fourth-order valence-electron chi connectivity index (χ4n) is 0.636. The first-order valence-corrected chi connectivity index (χ1v) is 4.78. The van der Waals surface area contributed by atoms with E-state index < -0.39 is 0 Å². The summed E-state index contributed by atoms with van der Waals surface area (Å²) < 4.78 is 0. The van der Waals surface area contributed by atoms with Crippen LogP contribution in [0.4, 0.5) is 0 Å². The van der Waals surface area contributed by atoms with Gasteiger partial charge in [0, 0.05) is 0 Å². The summed E-state index contributed by atoms with van der Waals surface area (Å²) in [6.07, 6.45) is 0. The van der Waals surface area contributed by atoms with Crippen LogP contribution >= 0.6 is 23.5 Å². The Morgan fingerprint density at radius 1 is 1.00 bits per heavy atom. The van der Waals surface area contributed by atoms with E-state index in [4.69, 9.17) is 0 Å². The summed E-state index contributed by atoms with van der Waals surface area (Å²) in [6, 6.07) is 0. The Balaban J connectivity index is 2.63. The second kappa shape index (κ2) is 2.96. The maximum Gasteiger partial charge on any atom is 0.202 e. The summed E-state index contributed by atoms with van der Waals surface area (Å²) in [4.78, 5) is 21.9. The quantitative estimate of drug-likeness (QED) is 0.557. The Bertz CT molecular complexity index is 159. The average Bonchev–Trinajstić information content (AvgIpc) is 1.84. The van der Waals surface area contributed by atoms with Crippen molar-refractivity contribution in [3.63, 3.8) is 0 Å². The number of rotatable bonds is 0. The van der Waals surface area contributed by atoms with Gasteiger partial charge in [-0.1, -0.05) is 23.5 Å². The minimum atomic E-state index is -0.145. The molecule has 4 heteroatoms. The summed E-state index contributed by atoms with van der Waals surface area (Å²) in [7, 11) is 0. The van der Waals surface area contributed by atoms with Crippen LogP contribution < -0.4 is 0 Å². The van der Waals surface area contributed by atoms with Crippen molar-refractivity contribution in [1.82, 2.24) is 0 Å². The van der Waals surface area contributed by atoms with Crippen molar-refractivity contribution < 1.29 is 9.59 Å².